The van der Waals surface area contributed by atoms with Gasteiger partial charge in [-0.1, -0.05) is 20.3 Å². The second kappa shape index (κ2) is 8.42. The molecule has 2 heterocycles. The molecule has 0 aromatic carbocycles. The zero-order valence-corrected chi connectivity index (χ0v) is 14.3. The van der Waals surface area contributed by atoms with E-state index in [0.29, 0.717) is 0 Å². The third kappa shape index (κ3) is 4.48. The summed E-state index contributed by atoms with van der Waals surface area (Å²) in [5.74, 6) is 1.10. The Bertz CT molecular complexity index is 394. The molecule has 0 bridgehead atoms. The normalized spacial score (nSPS) is 22.1. The fraction of sp³-hybridized carbons (Fsp3) is 0.750. The first kappa shape index (κ1) is 16.3. The highest BCUT2D eigenvalue weighted by atomic mass is 32.2. The maximum Gasteiger partial charge on any atom is 0.0894 e. The van der Waals surface area contributed by atoms with Crippen molar-refractivity contribution in [2.75, 3.05) is 18.8 Å². The van der Waals surface area contributed by atoms with Gasteiger partial charge in [0.1, 0.15) is 0 Å². The molecule has 0 radical (unpaired) electrons. The minimum atomic E-state index is -0.286. The van der Waals surface area contributed by atoms with Crippen LogP contribution in [0.4, 0.5) is 0 Å². The van der Waals surface area contributed by atoms with Crippen LogP contribution in [0.25, 0.3) is 0 Å². The number of aliphatic hydroxyl groups excluding tert-OH is 1. The topological polar surface area (TPSA) is 23.5 Å². The zero-order chi connectivity index (χ0) is 14.4. The van der Waals surface area contributed by atoms with E-state index in [1.807, 2.05) is 11.8 Å². The predicted octanol–water partition coefficient (Wildman–Crippen LogP) is 4.55. The molecule has 114 valence electrons. The van der Waals surface area contributed by atoms with Crippen molar-refractivity contribution in [3.05, 3.63) is 17.0 Å². The van der Waals surface area contributed by atoms with Gasteiger partial charge in [0, 0.05) is 17.5 Å². The fourth-order valence-corrected chi connectivity index (χ4v) is 5.07. The number of hydrogen-bond acceptors (Lipinski definition) is 4. The van der Waals surface area contributed by atoms with E-state index in [0.717, 1.165) is 29.6 Å². The van der Waals surface area contributed by atoms with Gasteiger partial charge in [-0.15, -0.1) is 23.1 Å². The van der Waals surface area contributed by atoms with E-state index < -0.39 is 0 Å². The molecule has 1 fully saturated rings. The van der Waals surface area contributed by atoms with Crippen molar-refractivity contribution in [2.24, 2.45) is 0 Å². The Morgan fingerprint density at radius 3 is 3.00 bits per heavy atom. The van der Waals surface area contributed by atoms with Gasteiger partial charge in [-0.25, -0.2) is 0 Å². The van der Waals surface area contributed by atoms with Crippen LogP contribution in [0.5, 0.6) is 0 Å². The maximum absolute atomic E-state index is 10.4. The summed E-state index contributed by atoms with van der Waals surface area (Å²) in [5.41, 5.74) is 0. The number of thioether (sulfide) groups is 1. The molecule has 2 rings (SSSR count). The van der Waals surface area contributed by atoms with Gasteiger partial charge in [0.2, 0.25) is 0 Å². The van der Waals surface area contributed by atoms with Crippen LogP contribution in [-0.4, -0.2) is 34.9 Å². The molecule has 1 aliphatic rings. The summed E-state index contributed by atoms with van der Waals surface area (Å²) >= 11 is 3.61. The van der Waals surface area contributed by atoms with Crippen LogP contribution < -0.4 is 0 Å². The first-order chi connectivity index (χ1) is 9.74. The molecule has 1 saturated heterocycles. The first-order valence-electron chi connectivity index (χ1n) is 7.89. The lowest BCUT2D eigenvalue weighted by atomic mass is 9.99. The second-order valence-electron chi connectivity index (χ2n) is 5.49. The summed E-state index contributed by atoms with van der Waals surface area (Å²) in [4.78, 5) is 3.72. The standard InChI is InChI=1S/C16H27NOS2/c1-3-13-7-5-6-11-17(13)12-10-14(18)15-8-9-16(20-15)19-4-2/h8-9,13-14,18H,3-7,10-12H2,1-2H3. The molecule has 20 heavy (non-hydrogen) atoms. The van der Waals surface area contributed by atoms with Crippen LogP contribution in [0.2, 0.25) is 0 Å². The highest BCUT2D eigenvalue weighted by Gasteiger charge is 2.21. The predicted molar refractivity (Wildman–Crippen MR) is 89.8 cm³/mol. The molecular formula is C16H27NOS2. The lowest BCUT2D eigenvalue weighted by Crippen LogP contribution is -2.40. The van der Waals surface area contributed by atoms with Crippen molar-refractivity contribution in [1.29, 1.82) is 0 Å². The van der Waals surface area contributed by atoms with E-state index >= 15 is 0 Å². The summed E-state index contributed by atoms with van der Waals surface area (Å²) in [5, 5.41) is 10.4. The third-order valence-corrected chi connectivity index (χ3v) is 6.42. The van der Waals surface area contributed by atoms with Crippen molar-refractivity contribution >= 4 is 23.1 Å². The van der Waals surface area contributed by atoms with Crippen LogP contribution >= 0.6 is 23.1 Å². The molecule has 0 saturated carbocycles. The molecule has 2 nitrogen and oxygen atoms in total. The summed E-state index contributed by atoms with van der Waals surface area (Å²) in [7, 11) is 0. The number of piperidine rings is 1. The summed E-state index contributed by atoms with van der Waals surface area (Å²) in [6.45, 7) is 6.70. The number of hydrogen-bond donors (Lipinski definition) is 1. The fourth-order valence-electron chi connectivity index (χ4n) is 2.98. The van der Waals surface area contributed by atoms with Gasteiger partial charge >= 0.3 is 0 Å². The SMILES string of the molecule is CCSc1ccc(C(O)CCN2CCCCC2CC)s1. The molecule has 4 heteroatoms. The molecule has 0 aliphatic carbocycles. The van der Waals surface area contributed by atoms with Crippen LogP contribution in [0.1, 0.15) is 56.9 Å². The summed E-state index contributed by atoms with van der Waals surface area (Å²) < 4.78 is 1.32. The molecule has 1 aliphatic heterocycles. The zero-order valence-electron chi connectivity index (χ0n) is 12.7. The van der Waals surface area contributed by atoms with Crippen molar-refractivity contribution in [1.82, 2.24) is 4.90 Å². The van der Waals surface area contributed by atoms with Gasteiger partial charge in [0.05, 0.1) is 10.3 Å². The quantitative estimate of drug-likeness (QED) is 0.747. The van der Waals surface area contributed by atoms with Gasteiger partial charge in [0.25, 0.3) is 0 Å². The number of thiophene rings is 1. The van der Waals surface area contributed by atoms with E-state index in [9.17, 15) is 5.11 Å². The summed E-state index contributed by atoms with van der Waals surface area (Å²) in [6, 6.07) is 4.99. The lowest BCUT2D eigenvalue weighted by molar-refractivity contribution is 0.103. The third-order valence-electron chi connectivity index (χ3n) is 4.13. The minimum Gasteiger partial charge on any atom is -0.388 e. The van der Waals surface area contributed by atoms with Crippen molar-refractivity contribution in [3.8, 4) is 0 Å². The number of aliphatic hydroxyl groups is 1. The van der Waals surface area contributed by atoms with Gasteiger partial charge < -0.3 is 10.0 Å². The Balaban J connectivity index is 1.82. The van der Waals surface area contributed by atoms with Crippen LogP contribution in [-0.2, 0) is 0 Å². The minimum absolute atomic E-state index is 0.286. The Morgan fingerprint density at radius 2 is 2.25 bits per heavy atom. The molecule has 2 atom stereocenters. The largest absolute Gasteiger partial charge is 0.388 e. The Morgan fingerprint density at radius 1 is 1.40 bits per heavy atom. The molecular weight excluding hydrogens is 286 g/mol. The van der Waals surface area contributed by atoms with E-state index in [-0.39, 0.29) is 6.10 Å². The lowest BCUT2D eigenvalue weighted by Gasteiger charge is -2.35. The molecule has 1 aromatic heterocycles. The van der Waals surface area contributed by atoms with E-state index in [2.05, 4.69) is 30.9 Å². The molecule has 0 spiro atoms. The number of nitrogens with zero attached hydrogens (tertiary/aromatic N) is 1. The van der Waals surface area contributed by atoms with Crippen molar-refractivity contribution < 1.29 is 5.11 Å². The van der Waals surface area contributed by atoms with Crippen molar-refractivity contribution in [3.63, 3.8) is 0 Å². The van der Waals surface area contributed by atoms with E-state index in [1.54, 1.807) is 11.3 Å². The van der Waals surface area contributed by atoms with Gasteiger partial charge in [0.15, 0.2) is 0 Å². The number of rotatable bonds is 7. The molecule has 1 N–H and O–H groups in total. The average molecular weight is 314 g/mol. The average Bonchev–Trinajstić information content (AvgIpc) is 2.94. The second-order valence-corrected chi connectivity index (χ2v) is 8.17. The van der Waals surface area contributed by atoms with E-state index in [1.165, 1.54) is 36.4 Å². The van der Waals surface area contributed by atoms with Crippen LogP contribution in [0, 0.1) is 0 Å². The van der Waals surface area contributed by atoms with Gasteiger partial charge in [-0.2, -0.15) is 0 Å². The van der Waals surface area contributed by atoms with Crippen LogP contribution in [0.3, 0.4) is 0 Å². The highest BCUT2D eigenvalue weighted by molar-refractivity contribution is 8.01. The molecule has 2 unspecified atom stereocenters. The van der Waals surface area contributed by atoms with Crippen molar-refractivity contribution in [2.45, 2.75) is 62.3 Å². The molecule has 0 amide bonds. The Hall–Kier alpha value is -0.0300. The monoisotopic (exact) mass is 313 g/mol. The first-order valence-corrected chi connectivity index (χ1v) is 9.69. The maximum atomic E-state index is 10.4. The highest BCUT2D eigenvalue weighted by Crippen LogP contribution is 2.32. The van der Waals surface area contributed by atoms with Gasteiger partial charge in [-0.3, -0.25) is 0 Å². The van der Waals surface area contributed by atoms with Crippen LogP contribution in [0.15, 0.2) is 16.3 Å². The Kier molecular flexibility index (Phi) is 6.88. The number of likely N-dealkylation sites (tertiary alicyclic amines) is 1. The Labute approximate surface area is 131 Å². The van der Waals surface area contributed by atoms with Gasteiger partial charge in [-0.05, 0) is 50.1 Å². The summed E-state index contributed by atoms with van der Waals surface area (Å²) in [6.07, 6.45) is 5.86. The molecule has 1 aromatic rings. The smallest absolute Gasteiger partial charge is 0.0894 e. The van der Waals surface area contributed by atoms with E-state index in [4.69, 9.17) is 0 Å².